The first kappa shape index (κ1) is 15.0. The number of hydrogen-bond acceptors (Lipinski definition) is 4. The molecule has 0 spiro atoms. The number of likely N-dealkylation sites (tertiary alicyclic amines) is 1. The monoisotopic (exact) mass is 256 g/mol. The molecule has 0 bridgehead atoms. The zero-order valence-corrected chi connectivity index (χ0v) is 11.4. The molecular formula is C13H24N2O3. The molecule has 0 aliphatic carbocycles. The van der Waals surface area contributed by atoms with Crippen LogP contribution >= 0.6 is 0 Å². The lowest BCUT2D eigenvalue weighted by Gasteiger charge is -2.32. The number of carbonyl (C=O) groups excluding carboxylic acids is 2. The van der Waals surface area contributed by atoms with Crippen LogP contribution in [0.5, 0.6) is 0 Å². The van der Waals surface area contributed by atoms with Gasteiger partial charge in [-0.25, -0.2) is 0 Å². The molecule has 1 amide bonds. The average Bonchev–Trinajstić information content (AvgIpc) is 2.31. The molecular weight excluding hydrogens is 232 g/mol. The molecule has 1 aliphatic rings. The Bertz CT molecular complexity index is 286. The quantitative estimate of drug-likeness (QED) is 0.713. The molecule has 0 radical (unpaired) electrons. The van der Waals surface area contributed by atoms with Gasteiger partial charge in [-0.3, -0.25) is 9.59 Å². The average molecular weight is 256 g/mol. The van der Waals surface area contributed by atoms with Crippen LogP contribution < -0.4 is 5.73 Å². The predicted molar refractivity (Wildman–Crippen MR) is 68.8 cm³/mol. The molecule has 5 nitrogen and oxygen atoms in total. The van der Waals surface area contributed by atoms with Crippen molar-refractivity contribution in [3.05, 3.63) is 0 Å². The van der Waals surface area contributed by atoms with Gasteiger partial charge in [-0.05, 0) is 38.8 Å². The van der Waals surface area contributed by atoms with E-state index in [4.69, 9.17) is 10.5 Å². The van der Waals surface area contributed by atoms with Crippen molar-refractivity contribution in [2.24, 2.45) is 17.6 Å². The van der Waals surface area contributed by atoms with E-state index in [-0.39, 0.29) is 17.8 Å². The van der Waals surface area contributed by atoms with Crippen LogP contribution in [-0.2, 0) is 14.3 Å². The maximum absolute atomic E-state index is 11.5. The van der Waals surface area contributed by atoms with Crippen molar-refractivity contribution in [3.8, 4) is 0 Å². The molecule has 0 aromatic rings. The van der Waals surface area contributed by atoms with Crippen molar-refractivity contribution < 1.29 is 14.3 Å². The summed E-state index contributed by atoms with van der Waals surface area (Å²) in [5.41, 5.74) is 5.20. The van der Waals surface area contributed by atoms with E-state index in [0.29, 0.717) is 18.9 Å². The Morgan fingerprint density at radius 1 is 1.39 bits per heavy atom. The normalized spacial score (nSPS) is 19.4. The second-order valence-electron chi connectivity index (χ2n) is 5.07. The second-order valence-corrected chi connectivity index (χ2v) is 5.07. The molecule has 1 saturated heterocycles. The van der Waals surface area contributed by atoms with E-state index in [2.05, 4.69) is 4.90 Å². The molecule has 0 aromatic carbocycles. The van der Waals surface area contributed by atoms with Crippen LogP contribution in [-0.4, -0.2) is 43.0 Å². The highest BCUT2D eigenvalue weighted by Gasteiger charge is 2.24. The molecule has 1 atom stereocenters. The number of carbonyl (C=O) groups is 2. The minimum absolute atomic E-state index is 0.0855. The first-order chi connectivity index (χ1) is 8.52. The van der Waals surface area contributed by atoms with Gasteiger partial charge in [0.25, 0.3) is 0 Å². The van der Waals surface area contributed by atoms with Gasteiger partial charge in [0, 0.05) is 13.0 Å². The van der Waals surface area contributed by atoms with Gasteiger partial charge in [0.2, 0.25) is 5.91 Å². The van der Waals surface area contributed by atoms with Gasteiger partial charge in [0.05, 0.1) is 12.5 Å². The second kappa shape index (κ2) is 7.36. The molecule has 1 rings (SSSR count). The number of nitrogens with two attached hydrogens (primary N) is 1. The summed E-state index contributed by atoms with van der Waals surface area (Å²) in [6, 6.07) is 0. The van der Waals surface area contributed by atoms with Gasteiger partial charge in [-0.1, -0.05) is 6.92 Å². The van der Waals surface area contributed by atoms with Crippen molar-refractivity contribution in [1.29, 1.82) is 0 Å². The molecule has 1 heterocycles. The summed E-state index contributed by atoms with van der Waals surface area (Å²) in [5, 5.41) is 0. The summed E-state index contributed by atoms with van der Waals surface area (Å²) in [4.78, 5) is 24.6. The highest BCUT2D eigenvalue weighted by Crippen LogP contribution is 2.20. The van der Waals surface area contributed by atoms with Crippen molar-refractivity contribution in [2.75, 3.05) is 26.2 Å². The molecule has 1 unspecified atom stereocenters. The number of hydrogen-bond donors (Lipinski definition) is 1. The molecule has 104 valence electrons. The fourth-order valence-electron chi connectivity index (χ4n) is 2.40. The summed E-state index contributed by atoms with van der Waals surface area (Å²) in [7, 11) is 0. The first-order valence-corrected chi connectivity index (χ1v) is 6.70. The van der Waals surface area contributed by atoms with Crippen LogP contribution in [0.2, 0.25) is 0 Å². The standard InChI is InChI=1S/C13H24N2O3/c1-3-18-13(17)10(2)9-15-6-4-11(5-7-15)8-12(14)16/h10-11H,3-9H2,1-2H3,(H2,14,16). The molecule has 0 aromatic heterocycles. The third kappa shape index (κ3) is 5.04. The summed E-state index contributed by atoms with van der Waals surface area (Å²) >= 11 is 0. The smallest absolute Gasteiger partial charge is 0.309 e. The van der Waals surface area contributed by atoms with Crippen LogP contribution in [0.4, 0.5) is 0 Å². The van der Waals surface area contributed by atoms with E-state index in [0.717, 1.165) is 32.5 Å². The van der Waals surface area contributed by atoms with E-state index in [9.17, 15) is 9.59 Å². The van der Waals surface area contributed by atoms with E-state index in [1.54, 1.807) is 0 Å². The Labute approximate surface area is 109 Å². The third-order valence-corrected chi connectivity index (χ3v) is 3.42. The lowest BCUT2D eigenvalue weighted by molar-refractivity contribution is -0.148. The van der Waals surface area contributed by atoms with E-state index in [1.807, 2.05) is 13.8 Å². The summed E-state index contributed by atoms with van der Waals surface area (Å²) < 4.78 is 4.99. The zero-order chi connectivity index (χ0) is 13.5. The minimum Gasteiger partial charge on any atom is -0.466 e. The maximum atomic E-state index is 11.5. The number of esters is 1. The number of piperidine rings is 1. The van der Waals surface area contributed by atoms with Crippen LogP contribution in [0.25, 0.3) is 0 Å². The summed E-state index contributed by atoms with van der Waals surface area (Å²) in [6.45, 7) is 6.75. The van der Waals surface area contributed by atoms with Crippen LogP contribution in [0.3, 0.4) is 0 Å². The summed E-state index contributed by atoms with van der Waals surface area (Å²) in [6.07, 6.45) is 2.46. The van der Waals surface area contributed by atoms with Crippen LogP contribution in [0.1, 0.15) is 33.1 Å². The Balaban J connectivity index is 2.26. The van der Waals surface area contributed by atoms with Gasteiger partial charge in [0.1, 0.15) is 0 Å². The Morgan fingerprint density at radius 3 is 2.50 bits per heavy atom. The minimum atomic E-state index is -0.214. The molecule has 1 fully saturated rings. The highest BCUT2D eigenvalue weighted by molar-refractivity contribution is 5.74. The summed E-state index contributed by atoms with van der Waals surface area (Å²) in [5.74, 6) is -0.0145. The zero-order valence-electron chi connectivity index (χ0n) is 11.4. The van der Waals surface area contributed by atoms with E-state index >= 15 is 0 Å². The van der Waals surface area contributed by atoms with Gasteiger partial charge >= 0.3 is 5.97 Å². The SMILES string of the molecule is CCOC(=O)C(C)CN1CCC(CC(N)=O)CC1. The third-order valence-electron chi connectivity index (χ3n) is 3.42. The molecule has 1 aliphatic heterocycles. The van der Waals surface area contributed by atoms with E-state index < -0.39 is 0 Å². The Hall–Kier alpha value is -1.10. The Morgan fingerprint density at radius 2 is 2.00 bits per heavy atom. The van der Waals surface area contributed by atoms with Crippen LogP contribution in [0, 0.1) is 11.8 Å². The van der Waals surface area contributed by atoms with Crippen molar-refractivity contribution in [3.63, 3.8) is 0 Å². The predicted octanol–water partition coefficient (Wildman–Crippen LogP) is 0.773. The van der Waals surface area contributed by atoms with Gasteiger partial charge in [-0.2, -0.15) is 0 Å². The molecule has 18 heavy (non-hydrogen) atoms. The molecule has 5 heteroatoms. The lowest BCUT2D eigenvalue weighted by atomic mass is 9.93. The molecule has 2 N–H and O–H groups in total. The first-order valence-electron chi connectivity index (χ1n) is 6.70. The lowest BCUT2D eigenvalue weighted by Crippen LogP contribution is -2.39. The van der Waals surface area contributed by atoms with E-state index in [1.165, 1.54) is 0 Å². The fourth-order valence-corrected chi connectivity index (χ4v) is 2.40. The van der Waals surface area contributed by atoms with Crippen molar-refractivity contribution in [1.82, 2.24) is 4.90 Å². The van der Waals surface area contributed by atoms with Crippen molar-refractivity contribution >= 4 is 11.9 Å². The largest absolute Gasteiger partial charge is 0.466 e. The number of primary amides is 1. The topological polar surface area (TPSA) is 72.6 Å². The van der Waals surface area contributed by atoms with Gasteiger partial charge in [0.15, 0.2) is 0 Å². The Kier molecular flexibility index (Phi) is 6.12. The number of nitrogens with zero attached hydrogens (tertiary/aromatic N) is 1. The number of amides is 1. The van der Waals surface area contributed by atoms with Gasteiger partial charge in [-0.15, -0.1) is 0 Å². The van der Waals surface area contributed by atoms with Gasteiger partial charge < -0.3 is 15.4 Å². The number of rotatable bonds is 6. The maximum Gasteiger partial charge on any atom is 0.309 e. The fraction of sp³-hybridized carbons (Fsp3) is 0.846. The highest BCUT2D eigenvalue weighted by atomic mass is 16.5. The van der Waals surface area contributed by atoms with Crippen LogP contribution in [0.15, 0.2) is 0 Å². The number of ether oxygens (including phenoxy) is 1. The molecule has 0 saturated carbocycles. The van der Waals surface area contributed by atoms with Crippen molar-refractivity contribution in [2.45, 2.75) is 33.1 Å².